The van der Waals surface area contributed by atoms with Crippen molar-refractivity contribution >= 4 is 0 Å². The fourth-order valence-electron chi connectivity index (χ4n) is 7.34. The first kappa shape index (κ1) is 51.9. The molecule has 0 bridgehead atoms. The maximum Gasteiger partial charge on any atom is 0.187 e. The van der Waals surface area contributed by atoms with E-state index in [0.717, 1.165) is 0 Å². The van der Waals surface area contributed by atoms with E-state index in [1.165, 1.54) is 27.0 Å². The first-order valence-electron chi connectivity index (χ1n) is 18.8. The van der Waals surface area contributed by atoms with Crippen LogP contribution in [0.25, 0.3) is 5.73 Å². The summed E-state index contributed by atoms with van der Waals surface area (Å²) in [6, 6.07) is -1.82. The van der Waals surface area contributed by atoms with E-state index in [4.69, 9.17) is 52.1 Å². The summed E-state index contributed by atoms with van der Waals surface area (Å²) < 4.78 is 63.7. The van der Waals surface area contributed by atoms with Crippen molar-refractivity contribution < 1.29 is 157 Å². The Morgan fingerprint density at radius 2 is 0.983 bits per heavy atom. The third-order valence-electron chi connectivity index (χ3n) is 10.8. The monoisotopic (exact) mass is 1080 g/mol. The summed E-state index contributed by atoms with van der Waals surface area (Å²) in [5, 5.41) is 127. The number of methoxy groups -OCH3 is 1. The number of hydrogen-bond acceptors (Lipinski definition) is 23. The molecule has 0 saturated carbocycles. The topological polar surface area (TPSA) is 368 Å². The molecule has 24 nitrogen and oxygen atoms in total. The summed E-state index contributed by atoms with van der Waals surface area (Å²) in [6.45, 7) is 4.17. The van der Waals surface area contributed by atoms with Crippen LogP contribution in [0, 0.1) is 44.1 Å². The van der Waals surface area contributed by atoms with Gasteiger partial charge in [-0.3, -0.25) is 0 Å². The van der Waals surface area contributed by atoms with Crippen LogP contribution in [0.1, 0.15) is 13.8 Å². The van der Waals surface area contributed by atoms with Crippen molar-refractivity contribution in [2.24, 2.45) is 0 Å². The van der Waals surface area contributed by atoms with Crippen molar-refractivity contribution in [1.82, 2.24) is 0 Å². The Hall–Kier alpha value is 0.222. The second-order valence-corrected chi connectivity index (χ2v) is 14.8. The predicted molar refractivity (Wildman–Crippen MR) is 185 cm³/mol. The number of aliphatic hydroxyl groups excluding tert-OH is 12. The first-order valence-corrected chi connectivity index (χ1v) is 18.8. The normalized spacial score (nSPS) is 50.8. The third kappa shape index (κ3) is 11.4. The van der Waals surface area contributed by atoms with Gasteiger partial charge in [0.2, 0.25) is 0 Å². The Morgan fingerprint density at radius 1 is 0.508 bits per heavy atom. The molecule has 0 aromatic heterocycles. The van der Waals surface area contributed by atoms with Crippen molar-refractivity contribution in [3.63, 3.8) is 0 Å². The molecular formula is C34H58AcNO23-. The molecule has 13 N–H and O–H groups in total. The zero-order valence-corrected chi connectivity index (χ0v) is 37.2. The van der Waals surface area contributed by atoms with E-state index < -0.39 is 173 Å². The molecule has 25 heteroatoms. The molecule has 0 aliphatic carbocycles. The fraction of sp³-hybridized carbons (Fsp3) is 0.941. The molecule has 59 heavy (non-hydrogen) atoms. The summed E-state index contributed by atoms with van der Waals surface area (Å²) in [7, 11) is 1.26. The minimum Gasteiger partial charge on any atom is -0.668 e. The van der Waals surface area contributed by atoms with Gasteiger partial charge in [0.15, 0.2) is 25.2 Å². The van der Waals surface area contributed by atoms with Crippen LogP contribution in [-0.2, 0) is 52.1 Å². The van der Waals surface area contributed by atoms with E-state index in [0.29, 0.717) is 0 Å². The summed E-state index contributed by atoms with van der Waals surface area (Å²) >= 11 is 0. The molecule has 25 atom stereocenters. The van der Waals surface area contributed by atoms with Crippen LogP contribution in [0.4, 0.5) is 0 Å². The van der Waals surface area contributed by atoms with Crippen LogP contribution in [0.15, 0.2) is 12.7 Å². The molecule has 0 spiro atoms. The molecule has 341 valence electrons. The molecule has 0 aromatic carbocycles. The number of aliphatic hydroxyl groups is 12. The molecule has 5 heterocycles. The van der Waals surface area contributed by atoms with Gasteiger partial charge in [0.05, 0.1) is 44.7 Å². The molecule has 5 rings (SSSR count). The van der Waals surface area contributed by atoms with Crippen LogP contribution in [0.3, 0.4) is 0 Å². The van der Waals surface area contributed by atoms with Crippen LogP contribution in [0.5, 0.6) is 0 Å². The standard InChI is InChI=1S/C34H58NO23.Ac/c1-5-6-49-31-25(47)28(19(41)13(8-37)52-31)57-30-15(35)27(56-32-23(45)20(42)16(38)10(2)50-32)26(14(54-30)9-48-4)55-34-29(22(44)18(40)12(7-36)53-34)58-33-24(46)21(43)17(39)11(3)51-33;/h5,10-47H,1,6-9H2,2-4H3;/q-1;/t10?,11?,12?,13?,14?,15?,16-,17-,18+,19+,20?,21+,22+,23-,24?,25?,26-,27-,28+,29?,30+,31-,32+,33+,34+;/m1./s1. The second kappa shape index (κ2) is 22.9. The molecule has 1 radical (unpaired) electrons. The summed E-state index contributed by atoms with van der Waals surface area (Å²) in [4.78, 5) is 0. The van der Waals surface area contributed by atoms with Crippen LogP contribution >= 0.6 is 0 Å². The largest absolute Gasteiger partial charge is 0.668 e. The number of nitrogens with one attached hydrogen (secondary N) is 1. The smallest absolute Gasteiger partial charge is 0.187 e. The molecule has 5 aliphatic heterocycles. The van der Waals surface area contributed by atoms with E-state index in [1.807, 2.05) is 0 Å². The molecular weight excluding hydrogens is 1020 g/mol. The minimum atomic E-state index is -1.95. The molecule has 0 amide bonds. The van der Waals surface area contributed by atoms with Gasteiger partial charge in [-0.05, 0) is 13.8 Å². The maximum absolute atomic E-state index is 11.3. The van der Waals surface area contributed by atoms with Gasteiger partial charge in [-0.1, -0.05) is 12.1 Å². The molecule has 5 aliphatic rings. The molecule has 10 unspecified atom stereocenters. The van der Waals surface area contributed by atoms with E-state index in [9.17, 15) is 67.0 Å². The van der Waals surface area contributed by atoms with Gasteiger partial charge in [0, 0.05) is 51.2 Å². The average Bonchev–Trinajstić information content (AvgIpc) is 3.20. The van der Waals surface area contributed by atoms with Crippen LogP contribution < -0.4 is 0 Å². The van der Waals surface area contributed by atoms with E-state index in [2.05, 4.69) is 6.58 Å². The Labute approximate surface area is 374 Å². The van der Waals surface area contributed by atoms with Crippen molar-refractivity contribution in [3.8, 4) is 0 Å². The zero-order valence-electron chi connectivity index (χ0n) is 32.5. The minimum absolute atomic E-state index is 0. The van der Waals surface area contributed by atoms with Gasteiger partial charge >= 0.3 is 0 Å². The Kier molecular flexibility index (Phi) is 20.1. The van der Waals surface area contributed by atoms with Crippen molar-refractivity contribution in [2.45, 2.75) is 167 Å². The molecule has 5 fully saturated rings. The van der Waals surface area contributed by atoms with Gasteiger partial charge in [0.1, 0.15) is 104 Å². The fourth-order valence-corrected chi connectivity index (χ4v) is 7.34. The number of rotatable bonds is 15. The summed E-state index contributed by atoms with van der Waals surface area (Å²) in [5.74, 6) is 0. The zero-order chi connectivity index (χ0) is 42.7. The summed E-state index contributed by atoms with van der Waals surface area (Å²) in [6.07, 6.45) is -38.3. The van der Waals surface area contributed by atoms with Gasteiger partial charge in [0.25, 0.3) is 0 Å². The third-order valence-corrected chi connectivity index (χ3v) is 10.8. The Morgan fingerprint density at radius 3 is 1.51 bits per heavy atom. The summed E-state index contributed by atoms with van der Waals surface area (Å²) in [5.41, 5.74) is 9.34. The number of ether oxygens (including phenoxy) is 11. The first-order chi connectivity index (χ1) is 27.5. The van der Waals surface area contributed by atoms with Gasteiger partial charge < -0.3 is 119 Å². The SMILES string of the molecule is C=CCO[C@@H]1OC(CO)[C@H](O)[C@H](O[C@@H]2OC(COC)[C@@H](O[C@@H]3OC(CO)[C@H](O)[C@H](O)C3O[C@@H]3OC(C)[C@@H](O)[C@H](O)C3O)[C@H](O[C@@H]3OC(C)[C@@H](O)C(O)[C@H]3O)C2[NH-])C1O.[Ac]. The second-order valence-electron chi connectivity index (χ2n) is 14.8. The van der Waals surface area contributed by atoms with Gasteiger partial charge in [-0.25, -0.2) is 0 Å². The van der Waals surface area contributed by atoms with Crippen molar-refractivity contribution in [2.75, 3.05) is 33.5 Å². The van der Waals surface area contributed by atoms with E-state index in [-0.39, 0.29) is 50.7 Å². The van der Waals surface area contributed by atoms with Crippen molar-refractivity contribution in [3.05, 3.63) is 18.4 Å². The van der Waals surface area contributed by atoms with E-state index in [1.54, 1.807) is 0 Å². The molecule has 5 saturated heterocycles. The van der Waals surface area contributed by atoms with Gasteiger partial charge in [-0.2, -0.15) is 0 Å². The average molecular weight is 1080 g/mol. The Balaban J connectivity index is 0.00000769. The predicted octanol–water partition coefficient (Wildman–Crippen LogP) is -6.95. The Bertz CT molecular complexity index is 1280. The quantitative estimate of drug-likeness (QED) is 0.0678. The van der Waals surface area contributed by atoms with Crippen LogP contribution in [0.2, 0.25) is 0 Å². The maximum atomic E-state index is 11.3. The van der Waals surface area contributed by atoms with Gasteiger partial charge in [-0.15, -0.1) is 6.58 Å². The number of hydrogen-bond donors (Lipinski definition) is 12. The molecule has 0 aromatic rings. The van der Waals surface area contributed by atoms with E-state index >= 15 is 0 Å². The van der Waals surface area contributed by atoms with Crippen molar-refractivity contribution in [1.29, 1.82) is 0 Å². The van der Waals surface area contributed by atoms with Crippen LogP contribution in [-0.4, -0.2) is 248 Å².